The number of para-hydroxylation sites is 1. The molecular formula is C18H17N3O2. The van der Waals surface area contributed by atoms with Gasteiger partial charge in [-0.3, -0.25) is 4.79 Å². The van der Waals surface area contributed by atoms with Crippen LogP contribution >= 0.6 is 0 Å². The van der Waals surface area contributed by atoms with Gasteiger partial charge in [-0.05, 0) is 36.2 Å². The zero-order chi connectivity index (χ0) is 16.2. The Bertz CT molecular complexity index is 825. The summed E-state index contributed by atoms with van der Waals surface area (Å²) >= 11 is 0. The van der Waals surface area contributed by atoms with E-state index in [1.54, 1.807) is 16.9 Å². The highest BCUT2D eigenvalue weighted by atomic mass is 16.3. The van der Waals surface area contributed by atoms with Crippen LogP contribution in [0, 0.1) is 6.92 Å². The molecule has 0 aliphatic rings. The molecule has 0 saturated heterocycles. The van der Waals surface area contributed by atoms with Crippen molar-refractivity contribution in [2.24, 2.45) is 0 Å². The van der Waals surface area contributed by atoms with Crippen LogP contribution in [-0.4, -0.2) is 20.8 Å². The molecule has 0 spiro atoms. The molecule has 0 radical (unpaired) electrons. The van der Waals surface area contributed by atoms with E-state index >= 15 is 0 Å². The average molecular weight is 307 g/mol. The third-order valence-electron chi connectivity index (χ3n) is 3.60. The third-order valence-corrected chi connectivity index (χ3v) is 3.60. The Morgan fingerprint density at radius 1 is 1.22 bits per heavy atom. The molecule has 116 valence electrons. The molecule has 0 bridgehead atoms. The van der Waals surface area contributed by atoms with Crippen molar-refractivity contribution in [2.45, 2.75) is 13.5 Å². The molecule has 0 atom stereocenters. The molecule has 0 aliphatic heterocycles. The molecular weight excluding hydrogens is 290 g/mol. The fourth-order valence-electron chi connectivity index (χ4n) is 2.26. The number of carbonyl (C=O) groups excluding carboxylic acids is 1. The van der Waals surface area contributed by atoms with Crippen LogP contribution in [0.2, 0.25) is 0 Å². The summed E-state index contributed by atoms with van der Waals surface area (Å²) in [4.78, 5) is 12.4. The van der Waals surface area contributed by atoms with Gasteiger partial charge < -0.3 is 10.4 Å². The molecule has 23 heavy (non-hydrogen) atoms. The summed E-state index contributed by atoms with van der Waals surface area (Å²) in [6.45, 7) is 1.85. The normalized spacial score (nSPS) is 10.5. The number of anilines is 1. The predicted octanol–water partition coefficient (Wildman–Crippen LogP) is 2.93. The second kappa shape index (κ2) is 6.46. The summed E-state index contributed by atoms with van der Waals surface area (Å²) < 4.78 is 1.66. The fraction of sp³-hybridized carbons (Fsp3) is 0.111. The Morgan fingerprint density at radius 2 is 2.00 bits per heavy atom. The van der Waals surface area contributed by atoms with E-state index in [0.29, 0.717) is 11.3 Å². The number of hydrogen-bond donors (Lipinski definition) is 2. The van der Waals surface area contributed by atoms with Gasteiger partial charge in [-0.1, -0.05) is 30.3 Å². The fourth-order valence-corrected chi connectivity index (χ4v) is 2.26. The van der Waals surface area contributed by atoms with E-state index in [4.69, 9.17) is 0 Å². The van der Waals surface area contributed by atoms with Gasteiger partial charge in [-0.2, -0.15) is 5.10 Å². The first kappa shape index (κ1) is 15.0. The van der Waals surface area contributed by atoms with Crippen LogP contribution in [0.4, 0.5) is 5.69 Å². The lowest BCUT2D eigenvalue weighted by Gasteiger charge is -2.09. The van der Waals surface area contributed by atoms with Crippen LogP contribution in [0.15, 0.2) is 60.9 Å². The Hall–Kier alpha value is -2.92. The molecule has 3 aromatic rings. The van der Waals surface area contributed by atoms with E-state index in [1.807, 2.05) is 49.4 Å². The van der Waals surface area contributed by atoms with Gasteiger partial charge in [0.05, 0.1) is 24.1 Å². The smallest absolute Gasteiger partial charge is 0.258 e. The summed E-state index contributed by atoms with van der Waals surface area (Å²) in [6, 6.07) is 15.1. The van der Waals surface area contributed by atoms with E-state index in [2.05, 4.69) is 10.4 Å². The SMILES string of the molecule is Cc1ccc(CO)cc1NC(=O)c1cnn(-c2ccccc2)c1. The maximum Gasteiger partial charge on any atom is 0.258 e. The summed E-state index contributed by atoms with van der Waals surface area (Å²) in [5.41, 5.74) is 3.75. The van der Waals surface area contributed by atoms with E-state index < -0.39 is 0 Å². The number of nitrogens with zero attached hydrogens (tertiary/aromatic N) is 2. The highest BCUT2D eigenvalue weighted by molar-refractivity contribution is 6.04. The number of nitrogens with one attached hydrogen (secondary N) is 1. The quantitative estimate of drug-likeness (QED) is 0.779. The minimum Gasteiger partial charge on any atom is -0.392 e. The van der Waals surface area contributed by atoms with Crippen molar-refractivity contribution in [1.82, 2.24) is 9.78 Å². The van der Waals surface area contributed by atoms with Crippen molar-refractivity contribution in [3.05, 3.63) is 77.6 Å². The molecule has 2 aromatic carbocycles. The number of aromatic nitrogens is 2. The van der Waals surface area contributed by atoms with Crippen molar-refractivity contribution in [3.63, 3.8) is 0 Å². The molecule has 3 rings (SSSR count). The molecule has 5 nitrogen and oxygen atoms in total. The number of carbonyl (C=O) groups is 1. The number of amides is 1. The Labute approximate surface area is 134 Å². The topological polar surface area (TPSA) is 67.2 Å². The van der Waals surface area contributed by atoms with E-state index in [-0.39, 0.29) is 12.5 Å². The van der Waals surface area contributed by atoms with Crippen molar-refractivity contribution in [1.29, 1.82) is 0 Å². The van der Waals surface area contributed by atoms with Gasteiger partial charge >= 0.3 is 0 Å². The maximum atomic E-state index is 12.4. The van der Waals surface area contributed by atoms with E-state index in [9.17, 15) is 9.90 Å². The molecule has 0 unspecified atom stereocenters. The third kappa shape index (κ3) is 3.30. The van der Waals surface area contributed by atoms with Crippen molar-refractivity contribution in [3.8, 4) is 5.69 Å². The number of hydrogen-bond acceptors (Lipinski definition) is 3. The van der Waals surface area contributed by atoms with Gasteiger partial charge in [-0.25, -0.2) is 4.68 Å². The van der Waals surface area contributed by atoms with Crippen LogP contribution < -0.4 is 5.32 Å². The Morgan fingerprint density at radius 3 is 2.74 bits per heavy atom. The molecule has 0 saturated carbocycles. The van der Waals surface area contributed by atoms with Crippen molar-refractivity contribution in [2.75, 3.05) is 5.32 Å². The first-order chi connectivity index (χ1) is 11.2. The summed E-state index contributed by atoms with van der Waals surface area (Å²) in [5.74, 6) is -0.231. The standard InChI is InChI=1S/C18H17N3O2/c1-13-7-8-14(12-22)9-17(13)20-18(23)15-10-19-21(11-15)16-5-3-2-4-6-16/h2-11,22H,12H2,1H3,(H,20,23). The van der Waals surface area contributed by atoms with Gasteiger partial charge in [0.2, 0.25) is 0 Å². The molecule has 1 aromatic heterocycles. The molecule has 2 N–H and O–H groups in total. The van der Waals surface area contributed by atoms with E-state index in [1.165, 1.54) is 6.20 Å². The molecule has 1 heterocycles. The van der Waals surface area contributed by atoms with Gasteiger partial charge in [0, 0.05) is 11.9 Å². The monoisotopic (exact) mass is 307 g/mol. The second-order valence-electron chi connectivity index (χ2n) is 5.27. The Balaban J connectivity index is 1.81. The van der Waals surface area contributed by atoms with Gasteiger partial charge in [0.1, 0.15) is 0 Å². The minimum absolute atomic E-state index is 0.0604. The number of benzene rings is 2. The van der Waals surface area contributed by atoms with E-state index in [0.717, 1.165) is 16.8 Å². The lowest BCUT2D eigenvalue weighted by molar-refractivity contribution is 0.102. The van der Waals surface area contributed by atoms with Crippen LogP contribution in [-0.2, 0) is 6.61 Å². The lowest BCUT2D eigenvalue weighted by Crippen LogP contribution is -2.12. The van der Waals surface area contributed by atoms with Crippen LogP contribution in [0.5, 0.6) is 0 Å². The van der Waals surface area contributed by atoms with Gasteiger partial charge in [0.15, 0.2) is 0 Å². The lowest BCUT2D eigenvalue weighted by atomic mass is 10.1. The summed E-state index contributed by atoms with van der Waals surface area (Å²) in [5, 5.41) is 16.3. The highest BCUT2D eigenvalue weighted by Crippen LogP contribution is 2.18. The van der Waals surface area contributed by atoms with Crippen LogP contribution in [0.25, 0.3) is 5.69 Å². The minimum atomic E-state index is -0.231. The number of rotatable bonds is 4. The largest absolute Gasteiger partial charge is 0.392 e. The van der Waals surface area contributed by atoms with Crippen molar-refractivity contribution >= 4 is 11.6 Å². The van der Waals surface area contributed by atoms with Crippen molar-refractivity contribution < 1.29 is 9.90 Å². The summed E-state index contributed by atoms with van der Waals surface area (Å²) in [7, 11) is 0. The number of aliphatic hydroxyl groups is 1. The first-order valence-corrected chi connectivity index (χ1v) is 7.29. The van der Waals surface area contributed by atoms with Gasteiger partial charge in [-0.15, -0.1) is 0 Å². The van der Waals surface area contributed by atoms with Gasteiger partial charge in [0.25, 0.3) is 5.91 Å². The van der Waals surface area contributed by atoms with Crippen LogP contribution in [0.3, 0.4) is 0 Å². The number of aryl methyl sites for hydroxylation is 1. The highest BCUT2D eigenvalue weighted by Gasteiger charge is 2.11. The Kier molecular flexibility index (Phi) is 4.21. The zero-order valence-electron chi connectivity index (χ0n) is 12.7. The molecule has 5 heteroatoms. The average Bonchev–Trinajstić information content (AvgIpc) is 3.08. The van der Waals surface area contributed by atoms with Crippen LogP contribution in [0.1, 0.15) is 21.5 Å². The zero-order valence-corrected chi connectivity index (χ0v) is 12.7. The molecule has 0 fully saturated rings. The second-order valence-corrected chi connectivity index (χ2v) is 5.27. The maximum absolute atomic E-state index is 12.4. The number of aliphatic hydroxyl groups excluding tert-OH is 1. The predicted molar refractivity (Wildman–Crippen MR) is 88.6 cm³/mol. The first-order valence-electron chi connectivity index (χ1n) is 7.29. The molecule has 0 aliphatic carbocycles. The summed E-state index contributed by atoms with van der Waals surface area (Å²) in [6.07, 6.45) is 3.23. The molecule has 1 amide bonds.